The number of carbonyl (C=O) groups excluding carboxylic acids is 1. The van der Waals surface area contributed by atoms with E-state index in [9.17, 15) is 4.79 Å². The van der Waals surface area contributed by atoms with Crippen LogP contribution in [0.25, 0.3) is 5.78 Å². The van der Waals surface area contributed by atoms with Gasteiger partial charge >= 0.3 is 0 Å². The molecule has 9 nitrogen and oxygen atoms in total. The van der Waals surface area contributed by atoms with Crippen LogP contribution in [0.3, 0.4) is 0 Å². The average molecular weight is 352 g/mol. The fourth-order valence-electron chi connectivity index (χ4n) is 3.24. The highest BCUT2D eigenvalue weighted by Gasteiger charge is 2.24. The van der Waals surface area contributed by atoms with Crippen LogP contribution in [0, 0.1) is 6.92 Å². The van der Waals surface area contributed by atoms with Crippen LogP contribution in [-0.4, -0.2) is 63.7 Å². The summed E-state index contributed by atoms with van der Waals surface area (Å²) < 4.78 is 1.76. The molecule has 0 radical (unpaired) electrons. The molecule has 0 aromatic carbocycles. The molecule has 26 heavy (non-hydrogen) atoms. The molecule has 1 N–H and O–H groups in total. The first-order valence-electron chi connectivity index (χ1n) is 8.52. The van der Waals surface area contributed by atoms with E-state index in [-0.39, 0.29) is 5.91 Å². The van der Waals surface area contributed by atoms with Gasteiger partial charge in [-0.25, -0.2) is 9.97 Å². The third kappa shape index (κ3) is 2.81. The van der Waals surface area contributed by atoms with Crippen molar-refractivity contribution in [3.05, 3.63) is 42.0 Å². The highest BCUT2D eigenvalue weighted by atomic mass is 16.1. The molecular weight excluding hydrogens is 332 g/mol. The van der Waals surface area contributed by atoms with Crippen LogP contribution in [-0.2, 0) is 0 Å². The molecule has 1 amide bonds. The zero-order valence-electron chi connectivity index (χ0n) is 14.8. The van der Waals surface area contributed by atoms with Gasteiger partial charge in [0.2, 0.25) is 0 Å². The highest BCUT2D eigenvalue weighted by Crippen LogP contribution is 2.22. The van der Waals surface area contributed by atoms with Crippen LogP contribution >= 0.6 is 0 Å². The van der Waals surface area contributed by atoms with Gasteiger partial charge in [-0.05, 0) is 19.1 Å². The second kappa shape index (κ2) is 6.58. The van der Waals surface area contributed by atoms with Gasteiger partial charge in [0, 0.05) is 51.2 Å². The molecule has 3 aromatic heterocycles. The van der Waals surface area contributed by atoms with Crippen LogP contribution in [0.15, 0.2) is 30.7 Å². The van der Waals surface area contributed by atoms with Crippen molar-refractivity contribution in [2.24, 2.45) is 0 Å². The van der Waals surface area contributed by atoms with Crippen LogP contribution in [0.2, 0.25) is 0 Å². The first-order valence-corrected chi connectivity index (χ1v) is 8.52. The minimum absolute atomic E-state index is 0.121. The number of aryl methyl sites for hydroxylation is 1. The molecule has 4 heterocycles. The number of aromatic nitrogens is 5. The summed E-state index contributed by atoms with van der Waals surface area (Å²) in [5.41, 5.74) is 1.51. The van der Waals surface area contributed by atoms with Crippen LogP contribution in [0.4, 0.5) is 11.6 Å². The molecule has 9 heteroatoms. The van der Waals surface area contributed by atoms with E-state index in [1.807, 2.05) is 13.0 Å². The lowest BCUT2D eigenvalue weighted by Gasteiger charge is -2.37. The van der Waals surface area contributed by atoms with Gasteiger partial charge in [-0.1, -0.05) is 0 Å². The van der Waals surface area contributed by atoms with E-state index in [1.54, 1.807) is 29.9 Å². The van der Waals surface area contributed by atoms with Crippen molar-refractivity contribution < 1.29 is 4.79 Å². The summed E-state index contributed by atoms with van der Waals surface area (Å²) in [6.07, 6.45) is 3.24. The summed E-state index contributed by atoms with van der Waals surface area (Å²) in [7, 11) is 1.63. The normalized spacial score (nSPS) is 14.7. The summed E-state index contributed by atoms with van der Waals surface area (Å²) in [5.74, 6) is 2.19. The maximum absolute atomic E-state index is 12.1. The number of amides is 1. The lowest BCUT2D eigenvalue weighted by molar-refractivity contribution is 0.0963. The third-order valence-electron chi connectivity index (χ3n) is 4.52. The van der Waals surface area contributed by atoms with E-state index < -0.39 is 0 Å². The number of piperazine rings is 1. The lowest BCUT2D eigenvalue weighted by Crippen LogP contribution is -2.48. The molecule has 1 fully saturated rings. The molecule has 3 aromatic rings. The Morgan fingerprint density at radius 2 is 1.92 bits per heavy atom. The minimum atomic E-state index is -0.121. The molecule has 0 atom stereocenters. The van der Waals surface area contributed by atoms with E-state index in [1.165, 1.54) is 6.33 Å². The van der Waals surface area contributed by atoms with Gasteiger partial charge in [-0.15, -0.1) is 0 Å². The number of hydrogen-bond donors (Lipinski definition) is 1. The molecule has 0 unspecified atom stereocenters. The second-order valence-electron chi connectivity index (χ2n) is 6.16. The molecule has 1 saturated heterocycles. The molecule has 1 aliphatic rings. The number of rotatable bonds is 3. The molecule has 134 valence electrons. The summed E-state index contributed by atoms with van der Waals surface area (Å²) >= 11 is 0. The summed E-state index contributed by atoms with van der Waals surface area (Å²) in [6.45, 7) is 5.07. The molecule has 0 saturated carbocycles. The Morgan fingerprint density at radius 1 is 1.15 bits per heavy atom. The summed E-state index contributed by atoms with van der Waals surface area (Å²) in [5, 5.41) is 6.96. The van der Waals surface area contributed by atoms with Gasteiger partial charge in [0.25, 0.3) is 11.7 Å². The predicted molar refractivity (Wildman–Crippen MR) is 97.6 cm³/mol. The zero-order chi connectivity index (χ0) is 18.1. The van der Waals surface area contributed by atoms with Gasteiger partial charge in [0.15, 0.2) is 0 Å². The van der Waals surface area contributed by atoms with Crippen molar-refractivity contribution in [3.63, 3.8) is 0 Å². The second-order valence-corrected chi connectivity index (χ2v) is 6.16. The Morgan fingerprint density at radius 3 is 2.69 bits per heavy atom. The van der Waals surface area contributed by atoms with Gasteiger partial charge in [-0.2, -0.15) is 14.6 Å². The number of carbonyl (C=O) groups is 1. The quantitative estimate of drug-likeness (QED) is 0.734. The van der Waals surface area contributed by atoms with E-state index in [2.05, 4.69) is 35.2 Å². The number of anilines is 2. The van der Waals surface area contributed by atoms with Gasteiger partial charge < -0.3 is 15.1 Å². The fraction of sp³-hybridized carbons (Fsp3) is 0.353. The van der Waals surface area contributed by atoms with Crippen LogP contribution in [0.1, 0.15) is 16.1 Å². The highest BCUT2D eigenvalue weighted by molar-refractivity contribution is 5.98. The van der Waals surface area contributed by atoms with E-state index >= 15 is 0 Å². The summed E-state index contributed by atoms with van der Waals surface area (Å²) in [4.78, 5) is 29.5. The van der Waals surface area contributed by atoms with E-state index in [4.69, 9.17) is 0 Å². The number of nitrogens with zero attached hydrogens (tertiary/aromatic N) is 7. The molecular formula is C17H20N8O. The number of hydrogen-bond acceptors (Lipinski definition) is 7. The number of pyridine rings is 1. The SMILES string of the molecule is CNC(=O)c1cccnc1N1CCN(c2cc(C)nc3ncnn23)CC1. The van der Waals surface area contributed by atoms with E-state index in [0.29, 0.717) is 11.3 Å². The smallest absolute Gasteiger partial charge is 0.254 e. The largest absolute Gasteiger partial charge is 0.355 e. The fourth-order valence-corrected chi connectivity index (χ4v) is 3.24. The number of fused-ring (bicyclic) bond motifs is 1. The molecule has 1 aliphatic heterocycles. The van der Waals surface area contributed by atoms with Crippen molar-refractivity contribution in [1.29, 1.82) is 0 Å². The monoisotopic (exact) mass is 352 g/mol. The Kier molecular flexibility index (Phi) is 4.11. The average Bonchev–Trinajstić information content (AvgIpc) is 3.15. The topological polar surface area (TPSA) is 91.5 Å². The molecule has 0 aliphatic carbocycles. The Hall–Kier alpha value is -3.23. The molecule has 0 bridgehead atoms. The van der Waals surface area contributed by atoms with Gasteiger partial charge in [0.05, 0.1) is 5.56 Å². The number of nitrogens with one attached hydrogen (secondary N) is 1. The molecule has 0 spiro atoms. The maximum Gasteiger partial charge on any atom is 0.254 e. The predicted octanol–water partition coefficient (Wildman–Crippen LogP) is 0.514. The Bertz CT molecular complexity index is 945. The van der Waals surface area contributed by atoms with Crippen molar-refractivity contribution in [1.82, 2.24) is 29.9 Å². The first kappa shape index (κ1) is 16.2. The van der Waals surface area contributed by atoms with Crippen molar-refractivity contribution in [2.75, 3.05) is 43.0 Å². The summed E-state index contributed by atoms with van der Waals surface area (Å²) in [6, 6.07) is 5.61. The third-order valence-corrected chi connectivity index (χ3v) is 4.52. The minimum Gasteiger partial charge on any atom is -0.355 e. The van der Waals surface area contributed by atoms with Crippen molar-refractivity contribution in [3.8, 4) is 0 Å². The Labute approximate surface area is 150 Å². The lowest BCUT2D eigenvalue weighted by atomic mass is 10.2. The van der Waals surface area contributed by atoms with E-state index in [0.717, 1.165) is 43.5 Å². The first-order chi connectivity index (χ1) is 12.7. The van der Waals surface area contributed by atoms with Gasteiger partial charge in [-0.3, -0.25) is 4.79 Å². The van der Waals surface area contributed by atoms with Crippen LogP contribution < -0.4 is 15.1 Å². The Balaban J connectivity index is 1.57. The maximum atomic E-state index is 12.1. The van der Waals surface area contributed by atoms with Crippen molar-refractivity contribution in [2.45, 2.75) is 6.92 Å². The van der Waals surface area contributed by atoms with Crippen LogP contribution in [0.5, 0.6) is 0 Å². The van der Waals surface area contributed by atoms with Gasteiger partial charge in [0.1, 0.15) is 18.0 Å². The van der Waals surface area contributed by atoms with Crippen molar-refractivity contribution >= 4 is 23.3 Å². The standard InChI is InChI=1S/C17H20N8O/c1-12-10-14(25-17(22-12)20-11-21-25)23-6-8-24(9-7-23)15-13(16(26)18-2)4-3-5-19-15/h3-5,10-11H,6-9H2,1-2H3,(H,18,26). The zero-order valence-corrected chi connectivity index (χ0v) is 14.8. The molecule has 4 rings (SSSR count).